The predicted octanol–water partition coefficient (Wildman–Crippen LogP) is 0.0805. The Morgan fingerprint density at radius 1 is 1.33 bits per heavy atom. The molecule has 4 nitrogen and oxygen atoms in total. The van der Waals surface area contributed by atoms with Gasteiger partial charge in [-0.15, -0.1) is 0 Å². The summed E-state index contributed by atoms with van der Waals surface area (Å²) in [6.45, 7) is 4.33. The zero-order valence-corrected chi connectivity index (χ0v) is 8.32. The lowest BCUT2D eigenvalue weighted by atomic mass is 10.3. The highest BCUT2D eigenvalue weighted by Crippen LogP contribution is 2.11. The van der Waals surface area contributed by atoms with Crippen LogP contribution in [-0.2, 0) is 0 Å². The fourth-order valence-corrected chi connectivity index (χ4v) is 1.54. The summed E-state index contributed by atoms with van der Waals surface area (Å²) in [6.07, 6.45) is 2.37. The van der Waals surface area contributed by atoms with Crippen LogP contribution in [0.4, 0.5) is 0 Å². The topological polar surface area (TPSA) is 35.7 Å². The number of nitrogens with zero attached hydrogens (tertiary/aromatic N) is 3. The molecule has 0 aromatic carbocycles. The third-order valence-corrected chi connectivity index (χ3v) is 2.54. The van der Waals surface area contributed by atoms with Gasteiger partial charge in [-0.1, -0.05) is 6.92 Å². The average Bonchev–Trinajstić information content (AvgIpc) is 2.08. The standard InChI is InChI=1S/C8H20N4/c1-4-8(9)12-7-5-6-10(2)11(12)3/h8H,4-7,9H2,1-3H3. The molecule has 0 bridgehead atoms. The monoisotopic (exact) mass is 172 g/mol. The summed E-state index contributed by atoms with van der Waals surface area (Å²) in [4.78, 5) is 0. The van der Waals surface area contributed by atoms with Gasteiger partial charge in [0.1, 0.15) is 0 Å². The van der Waals surface area contributed by atoms with Crippen molar-refractivity contribution in [2.24, 2.45) is 5.73 Å². The van der Waals surface area contributed by atoms with Gasteiger partial charge in [0, 0.05) is 27.2 Å². The highest BCUT2D eigenvalue weighted by molar-refractivity contribution is 4.65. The molecule has 2 N–H and O–H groups in total. The van der Waals surface area contributed by atoms with Crippen LogP contribution in [-0.4, -0.2) is 48.5 Å². The lowest BCUT2D eigenvalue weighted by molar-refractivity contribution is -0.199. The zero-order chi connectivity index (χ0) is 9.14. The first kappa shape index (κ1) is 9.92. The third-order valence-electron chi connectivity index (χ3n) is 2.54. The fourth-order valence-electron chi connectivity index (χ4n) is 1.54. The van der Waals surface area contributed by atoms with E-state index in [-0.39, 0.29) is 6.17 Å². The molecule has 1 rings (SSSR count). The number of hydrazine groups is 2. The number of hydrogen-bond donors (Lipinski definition) is 1. The van der Waals surface area contributed by atoms with Crippen molar-refractivity contribution in [3.63, 3.8) is 0 Å². The van der Waals surface area contributed by atoms with Crippen LogP contribution in [0.2, 0.25) is 0 Å². The van der Waals surface area contributed by atoms with E-state index in [1.54, 1.807) is 0 Å². The minimum Gasteiger partial charge on any atom is -0.315 e. The minimum atomic E-state index is 0.165. The molecule has 0 aromatic heterocycles. The summed E-state index contributed by atoms with van der Waals surface area (Å²) in [7, 11) is 4.16. The van der Waals surface area contributed by atoms with Gasteiger partial charge in [0.15, 0.2) is 0 Å². The predicted molar refractivity (Wildman–Crippen MR) is 50.0 cm³/mol. The van der Waals surface area contributed by atoms with Gasteiger partial charge in [0.25, 0.3) is 0 Å². The Hall–Kier alpha value is -0.160. The van der Waals surface area contributed by atoms with Crippen molar-refractivity contribution in [2.75, 3.05) is 27.2 Å². The lowest BCUT2D eigenvalue weighted by Crippen LogP contribution is -2.60. The van der Waals surface area contributed by atoms with Crippen LogP contribution >= 0.6 is 0 Å². The van der Waals surface area contributed by atoms with Crippen molar-refractivity contribution in [3.05, 3.63) is 0 Å². The van der Waals surface area contributed by atoms with Crippen LogP contribution in [0.15, 0.2) is 0 Å². The van der Waals surface area contributed by atoms with E-state index < -0.39 is 0 Å². The van der Waals surface area contributed by atoms with E-state index in [4.69, 9.17) is 5.73 Å². The first-order valence-electron chi connectivity index (χ1n) is 4.63. The average molecular weight is 172 g/mol. The van der Waals surface area contributed by atoms with Crippen LogP contribution < -0.4 is 5.73 Å². The van der Waals surface area contributed by atoms with Gasteiger partial charge < -0.3 is 5.73 Å². The number of hydrogen-bond acceptors (Lipinski definition) is 4. The normalized spacial score (nSPS) is 26.0. The molecule has 0 spiro atoms. The van der Waals surface area contributed by atoms with E-state index in [0.717, 1.165) is 19.5 Å². The van der Waals surface area contributed by atoms with Crippen LogP contribution in [0.5, 0.6) is 0 Å². The fraction of sp³-hybridized carbons (Fsp3) is 1.00. The molecule has 1 saturated heterocycles. The van der Waals surface area contributed by atoms with Gasteiger partial charge in [0.2, 0.25) is 0 Å². The van der Waals surface area contributed by atoms with Gasteiger partial charge in [-0.2, -0.15) is 5.12 Å². The molecule has 1 heterocycles. The SMILES string of the molecule is CCC(N)N1CCCN(C)N1C. The molecule has 72 valence electrons. The van der Waals surface area contributed by atoms with Crippen molar-refractivity contribution in [1.82, 2.24) is 15.1 Å². The molecular weight excluding hydrogens is 152 g/mol. The van der Waals surface area contributed by atoms with Crippen LogP contribution in [0.3, 0.4) is 0 Å². The lowest BCUT2D eigenvalue weighted by Gasteiger charge is -2.44. The van der Waals surface area contributed by atoms with Crippen LogP contribution in [0.25, 0.3) is 0 Å². The smallest absolute Gasteiger partial charge is 0.0720 e. The Balaban J connectivity index is 2.51. The van der Waals surface area contributed by atoms with Gasteiger partial charge in [-0.3, -0.25) is 0 Å². The van der Waals surface area contributed by atoms with E-state index in [1.807, 2.05) is 0 Å². The molecular formula is C8H20N4. The van der Waals surface area contributed by atoms with E-state index in [9.17, 15) is 0 Å². The molecule has 1 atom stereocenters. The quantitative estimate of drug-likeness (QED) is 0.640. The first-order chi connectivity index (χ1) is 5.66. The van der Waals surface area contributed by atoms with Crippen LogP contribution in [0.1, 0.15) is 19.8 Å². The molecule has 12 heavy (non-hydrogen) atoms. The number of rotatable bonds is 2. The van der Waals surface area contributed by atoms with Gasteiger partial charge >= 0.3 is 0 Å². The first-order valence-corrected chi connectivity index (χ1v) is 4.63. The van der Waals surface area contributed by atoms with Crippen molar-refractivity contribution in [1.29, 1.82) is 0 Å². The van der Waals surface area contributed by atoms with Gasteiger partial charge in [-0.05, 0) is 12.8 Å². The summed E-state index contributed by atoms with van der Waals surface area (Å²) in [5.74, 6) is 0. The van der Waals surface area contributed by atoms with E-state index in [0.29, 0.717) is 0 Å². The van der Waals surface area contributed by atoms with Gasteiger partial charge in [-0.25, -0.2) is 10.0 Å². The summed E-state index contributed by atoms with van der Waals surface area (Å²) < 4.78 is 0. The maximum absolute atomic E-state index is 5.96. The van der Waals surface area contributed by atoms with Crippen molar-refractivity contribution in [2.45, 2.75) is 25.9 Å². The highest BCUT2D eigenvalue weighted by Gasteiger charge is 2.23. The Bertz CT molecular complexity index is 139. The molecule has 0 aromatic rings. The molecule has 0 aliphatic carbocycles. The second kappa shape index (κ2) is 4.18. The van der Waals surface area contributed by atoms with Crippen molar-refractivity contribution < 1.29 is 0 Å². The summed E-state index contributed by atoms with van der Waals surface area (Å²) in [5, 5.41) is 6.53. The van der Waals surface area contributed by atoms with Crippen molar-refractivity contribution >= 4 is 0 Å². The van der Waals surface area contributed by atoms with E-state index in [1.165, 1.54) is 6.42 Å². The molecule has 0 radical (unpaired) electrons. The largest absolute Gasteiger partial charge is 0.315 e. The second-order valence-electron chi connectivity index (χ2n) is 3.36. The Morgan fingerprint density at radius 2 is 2.00 bits per heavy atom. The second-order valence-corrected chi connectivity index (χ2v) is 3.36. The summed E-state index contributed by atoms with van der Waals surface area (Å²) in [6, 6.07) is 0. The van der Waals surface area contributed by atoms with Crippen molar-refractivity contribution in [3.8, 4) is 0 Å². The number of nitrogens with two attached hydrogens (primary N) is 1. The molecule has 0 saturated carbocycles. The molecule has 1 unspecified atom stereocenters. The third kappa shape index (κ3) is 1.95. The van der Waals surface area contributed by atoms with E-state index in [2.05, 4.69) is 36.2 Å². The van der Waals surface area contributed by atoms with E-state index >= 15 is 0 Å². The maximum atomic E-state index is 5.96. The molecule has 4 heteroatoms. The Kier molecular flexibility index (Phi) is 3.46. The Morgan fingerprint density at radius 3 is 2.58 bits per heavy atom. The molecule has 1 fully saturated rings. The maximum Gasteiger partial charge on any atom is 0.0720 e. The Labute approximate surface area is 74.8 Å². The molecule has 1 aliphatic heterocycles. The highest BCUT2D eigenvalue weighted by atomic mass is 15.9. The van der Waals surface area contributed by atoms with Gasteiger partial charge in [0.05, 0.1) is 6.17 Å². The summed E-state index contributed by atoms with van der Waals surface area (Å²) in [5.41, 5.74) is 5.96. The molecule has 1 aliphatic rings. The van der Waals surface area contributed by atoms with Crippen LogP contribution in [0, 0.1) is 0 Å². The molecule has 0 amide bonds. The minimum absolute atomic E-state index is 0.165. The zero-order valence-electron chi connectivity index (χ0n) is 8.32. The summed E-state index contributed by atoms with van der Waals surface area (Å²) >= 11 is 0.